The highest BCUT2D eigenvalue weighted by Gasteiger charge is 2.09. The summed E-state index contributed by atoms with van der Waals surface area (Å²) in [5.74, 6) is 0. The normalized spacial score (nSPS) is 11.1. The summed E-state index contributed by atoms with van der Waals surface area (Å²) in [6.07, 6.45) is 3.59. The van der Waals surface area contributed by atoms with Crippen LogP contribution in [-0.4, -0.2) is 14.8 Å². The van der Waals surface area contributed by atoms with Crippen molar-refractivity contribution < 1.29 is 0 Å². The summed E-state index contributed by atoms with van der Waals surface area (Å²) >= 11 is 1.63. The van der Waals surface area contributed by atoms with E-state index in [0.717, 1.165) is 32.1 Å². The van der Waals surface area contributed by atoms with Crippen molar-refractivity contribution >= 4 is 28.2 Å². The molecule has 0 aliphatic rings. The Labute approximate surface area is 115 Å². The Hall–Kier alpha value is -2.01. The molecule has 2 heterocycles. The molecule has 0 fully saturated rings. The number of nitrogens with zero attached hydrogens (tertiary/aromatic N) is 3. The molecule has 0 radical (unpaired) electrons. The van der Waals surface area contributed by atoms with Crippen LogP contribution < -0.4 is 5.73 Å². The zero-order valence-electron chi connectivity index (χ0n) is 10.8. The maximum atomic E-state index is 6.25. The van der Waals surface area contributed by atoms with Crippen LogP contribution in [-0.2, 0) is 7.05 Å². The van der Waals surface area contributed by atoms with Crippen LogP contribution in [0, 0.1) is 6.92 Å². The van der Waals surface area contributed by atoms with Crippen molar-refractivity contribution in [3.8, 4) is 0 Å². The largest absolute Gasteiger partial charge is 0.397 e. The summed E-state index contributed by atoms with van der Waals surface area (Å²) in [4.78, 5) is 5.15. The lowest BCUT2D eigenvalue weighted by molar-refractivity contribution is 0.692. The molecule has 96 valence electrons. The van der Waals surface area contributed by atoms with Gasteiger partial charge in [0.25, 0.3) is 0 Å². The molecule has 3 rings (SSSR count). The van der Waals surface area contributed by atoms with Gasteiger partial charge in [0.05, 0.1) is 16.4 Å². The molecule has 4 nitrogen and oxygen atoms in total. The van der Waals surface area contributed by atoms with Gasteiger partial charge in [0.1, 0.15) is 0 Å². The first-order valence-corrected chi connectivity index (χ1v) is 6.77. The van der Waals surface area contributed by atoms with Crippen LogP contribution in [0.15, 0.2) is 46.6 Å². The van der Waals surface area contributed by atoms with Gasteiger partial charge in [-0.3, -0.25) is 9.67 Å². The van der Waals surface area contributed by atoms with Crippen LogP contribution in [0.1, 0.15) is 5.69 Å². The Morgan fingerprint density at radius 3 is 2.84 bits per heavy atom. The third-order valence-electron chi connectivity index (χ3n) is 3.00. The van der Waals surface area contributed by atoms with Crippen LogP contribution in [0.4, 0.5) is 5.69 Å². The lowest BCUT2D eigenvalue weighted by Crippen LogP contribution is -1.94. The summed E-state index contributed by atoms with van der Waals surface area (Å²) in [6.45, 7) is 1.99. The standard InChI is InChI=1S/C14H14N4S/c1-9-7-13(18(2)17-9)19-12-4-3-10-8-16-6-5-11(10)14(12)15/h3-8H,15H2,1-2H3. The van der Waals surface area contributed by atoms with E-state index in [1.54, 1.807) is 18.0 Å². The second-order valence-electron chi connectivity index (χ2n) is 4.42. The Morgan fingerprint density at radius 2 is 2.11 bits per heavy atom. The molecule has 3 aromatic rings. The topological polar surface area (TPSA) is 56.7 Å². The van der Waals surface area contributed by atoms with Crippen LogP contribution in [0.5, 0.6) is 0 Å². The van der Waals surface area contributed by atoms with E-state index in [9.17, 15) is 0 Å². The molecule has 0 spiro atoms. The molecule has 2 N–H and O–H groups in total. The monoisotopic (exact) mass is 270 g/mol. The van der Waals surface area contributed by atoms with Crippen LogP contribution in [0.2, 0.25) is 0 Å². The fourth-order valence-electron chi connectivity index (χ4n) is 2.06. The van der Waals surface area contributed by atoms with Crippen molar-refractivity contribution in [1.82, 2.24) is 14.8 Å². The van der Waals surface area contributed by atoms with E-state index in [2.05, 4.69) is 16.1 Å². The molecule has 0 saturated carbocycles. The highest BCUT2D eigenvalue weighted by molar-refractivity contribution is 7.99. The van der Waals surface area contributed by atoms with Crippen molar-refractivity contribution in [3.63, 3.8) is 0 Å². The lowest BCUT2D eigenvalue weighted by Gasteiger charge is -2.08. The number of nitrogen functional groups attached to an aromatic ring is 1. The lowest BCUT2D eigenvalue weighted by atomic mass is 10.1. The molecule has 1 aromatic carbocycles. The number of benzene rings is 1. The third kappa shape index (κ3) is 2.17. The number of aryl methyl sites for hydroxylation is 2. The summed E-state index contributed by atoms with van der Waals surface area (Å²) in [7, 11) is 1.94. The molecule has 0 amide bonds. The first-order valence-electron chi connectivity index (χ1n) is 5.96. The number of aromatic nitrogens is 3. The van der Waals surface area contributed by atoms with E-state index in [-0.39, 0.29) is 0 Å². The minimum absolute atomic E-state index is 0.795. The van der Waals surface area contributed by atoms with E-state index >= 15 is 0 Å². The average Bonchev–Trinajstić information content (AvgIpc) is 2.72. The summed E-state index contributed by atoms with van der Waals surface area (Å²) in [5, 5.41) is 7.53. The molecular weight excluding hydrogens is 256 g/mol. The second-order valence-corrected chi connectivity index (χ2v) is 5.49. The first kappa shape index (κ1) is 12.0. The van der Waals surface area contributed by atoms with Crippen molar-refractivity contribution in [2.75, 3.05) is 5.73 Å². The number of fused-ring (bicyclic) bond motifs is 1. The molecule has 0 aliphatic heterocycles. The maximum Gasteiger partial charge on any atom is 0.0987 e. The van der Waals surface area contributed by atoms with Crippen LogP contribution >= 0.6 is 11.8 Å². The summed E-state index contributed by atoms with van der Waals surface area (Å²) < 4.78 is 1.87. The molecule has 19 heavy (non-hydrogen) atoms. The molecule has 0 bridgehead atoms. The van der Waals surface area contributed by atoms with Crippen molar-refractivity contribution in [3.05, 3.63) is 42.4 Å². The molecule has 0 saturated heterocycles. The maximum absolute atomic E-state index is 6.25. The van der Waals surface area contributed by atoms with Crippen LogP contribution in [0.3, 0.4) is 0 Å². The minimum atomic E-state index is 0.795. The van der Waals surface area contributed by atoms with Gasteiger partial charge < -0.3 is 5.73 Å². The molecule has 2 aromatic heterocycles. The Bertz CT molecular complexity index is 748. The van der Waals surface area contributed by atoms with Crippen molar-refractivity contribution in [1.29, 1.82) is 0 Å². The van der Waals surface area contributed by atoms with Gasteiger partial charge in [0.2, 0.25) is 0 Å². The quantitative estimate of drug-likeness (QED) is 0.727. The zero-order valence-corrected chi connectivity index (χ0v) is 11.6. The van der Waals surface area contributed by atoms with Crippen LogP contribution in [0.25, 0.3) is 10.8 Å². The molecule has 0 aliphatic carbocycles. The molecule has 0 atom stereocenters. The zero-order chi connectivity index (χ0) is 13.4. The molecular formula is C14H14N4S. The number of rotatable bonds is 2. The SMILES string of the molecule is Cc1cc(Sc2ccc3cnccc3c2N)n(C)n1. The van der Waals surface area contributed by atoms with Gasteiger partial charge in [-0.2, -0.15) is 5.10 Å². The average molecular weight is 270 g/mol. The van der Waals surface area contributed by atoms with Gasteiger partial charge in [-0.05, 0) is 25.1 Å². The highest BCUT2D eigenvalue weighted by atomic mass is 32.2. The van der Waals surface area contributed by atoms with Gasteiger partial charge >= 0.3 is 0 Å². The van der Waals surface area contributed by atoms with E-state index < -0.39 is 0 Å². The van der Waals surface area contributed by atoms with Gasteiger partial charge in [-0.1, -0.05) is 17.8 Å². The first-order chi connectivity index (χ1) is 9.15. The predicted molar refractivity (Wildman–Crippen MR) is 78.2 cm³/mol. The predicted octanol–water partition coefficient (Wildman–Crippen LogP) is 3.01. The van der Waals surface area contributed by atoms with Gasteiger partial charge in [0.15, 0.2) is 0 Å². The number of nitrogens with two attached hydrogens (primary N) is 1. The van der Waals surface area contributed by atoms with E-state index in [4.69, 9.17) is 5.73 Å². The van der Waals surface area contributed by atoms with Gasteiger partial charge in [-0.15, -0.1) is 0 Å². The fourth-order valence-corrected chi connectivity index (χ4v) is 3.04. The summed E-state index contributed by atoms with van der Waals surface area (Å²) in [6, 6.07) is 8.08. The molecule has 5 heteroatoms. The van der Waals surface area contributed by atoms with Gasteiger partial charge in [-0.25, -0.2) is 0 Å². The van der Waals surface area contributed by atoms with E-state index in [1.807, 2.05) is 43.0 Å². The fraction of sp³-hybridized carbons (Fsp3) is 0.143. The van der Waals surface area contributed by atoms with E-state index in [0.29, 0.717) is 0 Å². The third-order valence-corrected chi connectivity index (χ3v) is 4.16. The Kier molecular flexibility index (Phi) is 2.91. The Morgan fingerprint density at radius 1 is 1.26 bits per heavy atom. The Balaban J connectivity index is 2.06. The number of hydrogen-bond acceptors (Lipinski definition) is 4. The van der Waals surface area contributed by atoms with Crippen molar-refractivity contribution in [2.24, 2.45) is 7.05 Å². The van der Waals surface area contributed by atoms with E-state index in [1.165, 1.54) is 0 Å². The summed E-state index contributed by atoms with van der Waals surface area (Å²) in [5.41, 5.74) is 8.05. The number of anilines is 1. The minimum Gasteiger partial charge on any atom is -0.397 e. The van der Waals surface area contributed by atoms with Crippen molar-refractivity contribution in [2.45, 2.75) is 16.8 Å². The van der Waals surface area contributed by atoms with Gasteiger partial charge in [0, 0.05) is 35.1 Å². The number of pyridine rings is 1. The highest BCUT2D eigenvalue weighted by Crippen LogP contribution is 2.35. The number of hydrogen-bond donors (Lipinski definition) is 1. The molecule has 0 unspecified atom stereocenters. The second kappa shape index (κ2) is 4.59. The smallest absolute Gasteiger partial charge is 0.0987 e.